The number of rotatable bonds is 5. The van der Waals surface area contributed by atoms with Crippen molar-refractivity contribution in [2.24, 2.45) is 4.99 Å². The fourth-order valence-electron chi connectivity index (χ4n) is 0.586. The zero-order valence-electron chi connectivity index (χ0n) is 7.03. The number of hydrogen-bond acceptors (Lipinski definition) is 4. The van der Waals surface area contributed by atoms with Gasteiger partial charge in [-0.2, -0.15) is 0 Å². The molecule has 0 aliphatic rings. The number of ether oxygens (including phenoxy) is 1. The monoisotopic (exact) mass is 189 g/mol. The summed E-state index contributed by atoms with van der Waals surface area (Å²) in [6, 6.07) is 0. The number of thioether (sulfide) groups is 1. The Hall–Kier alpha value is -0.970. The molecular formula is C7H11NO3S. The molecule has 4 nitrogen and oxygen atoms in total. The largest absolute Gasteiger partial charge is 0.477 e. The van der Waals surface area contributed by atoms with Gasteiger partial charge in [0.15, 0.2) is 4.91 Å². The van der Waals surface area contributed by atoms with Crippen LogP contribution in [0.15, 0.2) is 15.8 Å². The number of hydrogen-bond donors (Lipinski definition) is 1. The summed E-state index contributed by atoms with van der Waals surface area (Å²) < 4.78 is 4.95. The molecule has 0 aromatic heterocycles. The summed E-state index contributed by atoms with van der Waals surface area (Å²) in [5, 5.41) is 8.65. The van der Waals surface area contributed by atoms with Crippen molar-refractivity contribution in [3.8, 4) is 0 Å². The van der Waals surface area contributed by atoms with Crippen molar-refractivity contribution < 1.29 is 14.6 Å². The Labute approximate surface area is 75.3 Å². The lowest BCUT2D eigenvalue weighted by molar-refractivity contribution is -0.132. The predicted octanol–water partition coefficient (Wildman–Crippen LogP) is 1.34. The Bertz CT molecular complexity index is 213. The van der Waals surface area contributed by atoms with Crippen LogP contribution >= 0.6 is 11.8 Å². The number of carboxylic acid groups (broad SMARTS) is 1. The summed E-state index contributed by atoms with van der Waals surface area (Å²) in [6.45, 7) is 5.36. The molecule has 0 fully saturated rings. The first-order chi connectivity index (χ1) is 5.67. The third-order valence-corrected chi connectivity index (χ3v) is 1.77. The summed E-state index contributed by atoms with van der Waals surface area (Å²) in [6.07, 6.45) is 1.65. The van der Waals surface area contributed by atoms with Crippen LogP contribution in [0.4, 0.5) is 0 Å². The van der Waals surface area contributed by atoms with Gasteiger partial charge in [0.25, 0.3) is 0 Å². The molecule has 0 rings (SSSR count). The standard InChI is InChI=1S/C7H11NO3S/c1-4-11-6(8-2)5(12-3)7(9)10/h2,4H2,1,3H3,(H,9,10)/b6-5+. The third-order valence-electron chi connectivity index (χ3n) is 1.02. The molecule has 0 unspecified atom stereocenters. The van der Waals surface area contributed by atoms with E-state index in [1.54, 1.807) is 13.2 Å². The van der Waals surface area contributed by atoms with E-state index >= 15 is 0 Å². The van der Waals surface area contributed by atoms with Gasteiger partial charge in [-0.25, -0.2) is 9.79 Å². The van der Waals surface area contributed by atoms with Gasteiger partial charge in [0.05, 0.1) is 6.61 Å². The highest BCUT2D eigenvalue weighted by Gasteiger charge is 2.13. The zero-order chi connectivity index (χ0) is 9.56. The molecular weight excluding hydrogens is 178 g/mol. The third kappa shape index (κ3) is 2.96. The second-order valence-corrected chi connectivity index (χ2v) is 2.55. The van der Waals surface area contributed by atoms with Crippen molar-refractivity contribution in [3.63, 3.8) is 0 Å². The lowest BCUT2D eigenvalue weighted by atomic mass is 10.6. The van der Waals surface area contributed by atoms with E-state index in [0.717, 1.165) is 11.8 Å². The van der Waals surface area contributed by atoms with E-state index in [2.05, 4.69) is 11.7 Å². The first-order valence-electron chi connectivity index (χ1n) is 3.28. The van der Waals surface area contributed by atoms with Crippen LogP contribution in [0, 0.1) is 0 Å². The van der Waals surface area contributed by atoms with Gasteiger partial charge in [-0.15, -0.1) is 11.8 Å². The van der Waals surface area contributed by atoms with E-state index in [1.165, 1.54) is 0 Å². The molecule has 0 bridgehead atoms. The van der Waals surface area contributed by atoms with Gasteiger partial charge in [0.2, 0.25) is 5.88 Å². The van der Waals surface area contributed by atoms with E-state index in [-0.39, 0.29) is 10.8 Å². The molecule has 0 aromatic rings. The van der Waals surface area contributed by atoms with Gasteiger partial charge in [-0.1, -0.05) is 0 Å². The van der Waals surface area contributed by atoms with E-state index in [0.29, 0.717) is 6.61 Å². The molecule has 0 aliphatic carbocycles. The minimum absolute atomic E-state index is 0.0758. The number of nitrogens with zero attached hydrogens (tertiary/aromatic N) is 1. The number of aliphatic carboxylic acids is 1. The van der Waals surface area contributed by atoms with Gasteiger partial charge in [-0.05, 0) is 19.9 Å². The molecule has 1 N–H and O–H groups in total. The molecule has 0 spiro atoms. The molecule has 68 valence electrons. The second-order valence-electron chi connectivity index (χ2n) is 1.73. The second kappa shape index (κ2) is 5.65. The van der Waals surface area contributed by atoms with Crippen molar-refractivity contribution in [1.82, 2.24) is 0 Å². The average Bonchev–Trinajstić information content (AvgIpc) is 2.03. The molecule has 0 amide bonds. The predicted molar refractivity (Wildman–Crippen MR) is 49.4 cm³/mol. The first kappa shape index (κ1) is 11.0. The maximum Gasteiger partial charge on any atom is 0.347 e. The Morgan fingerprint density at radius 2 is 2.33 bits per heavy atom. The number of aliphatic imine (C=N–C) groups is 1. The van der Waals surface area contributed by atoms with Crippen LogP contribution in [0.3, 0.4) is 0 Å². The molecule has 0 aliphatic heterocycles. The summed E-state index contributed by atoms with van der Waals surface area (Å²) >= 11 is 1.07. The average molecular weight is 189 g/mol. The molecule has 5 heteroatoms. The lowest BCUT2D eigenvalue weighted by Crippen LogP contribution is -2.02. The van der Waals surface area contributed by atoms with Crippen LogP contribution in [-0.4, -0.2) is 30.7 Å². The van der Waals surface area contributed by atoms with E-state index in [4.69, 9.17) is 9.84 Å². The fourth-order valence-corrected chi connectivity index (χ4v) is 1.06. The molecule has 0 heterocycles. The Kier molecular flexibility index (Phi) is 5.19. The molecule has 0 radical (unpaired) electrons. The van der Waals surface area contributed by atoms with Crippen molar-refractivity contribution in [1.29, 1.82) is 0 Å². The van der Waals surface area contributed by atoms with Crippen LogP contribution in [0.25, 0.3) is 0 Å². The Balaban J connectivity index is 4.73. The normalized spacial score (nSPS) is 11.8. The van der Waals surface area contributed by atoms with E-state index < -0.39 is 5.97 Å². The highest BCUT2D eigenvalue weighted by Crippen LogP contribution is 2.18. The fraction of sp³-hybridized carbons (Fsp3) is 0.429. The van der Waals surface area contributed by atoms with E-state index in [9.17, 15) is 4.79 Å². The van der Waals surface area contributed by atoms with Crippen LogP contribution in [-0.2, 0) is 9.53 Å². The topological polar surface area (TPSA) is 58.9 Å². The highest BCUT2D eigenvalue weighted by atomic mass is 32.2. The van der Waals surface area contributed by atoms with Crippen molar-refractivity contribution >= 4 is 24.4 Å². The van der Waals surface area contributed by atoms with Gasteiger partial charge in [0, 0.05) is 0 Å². The van der Waals surface area contributed by atoms with Crippen LogP contribution in [0.2, 0.25) is 0 Å². The van der Waals surface area contributed by atoms with Gasteiger partial charge in [0.1, 0.15) is 0 Å². The Morgan fingerprint density at radius 3 is 2.58 bits per heavy atom. The lowest BCUT2D eigenvalue weighted by Gasteiger charge is -2.05. The SMILES string of the molecule is C=N/C(OCC)=C(\SC)C(=O)O. The van der Waals surface area contributed by atoms with Crippen LogP contribution in [0.1, 0.15) is 6.92 Å². The first-order valence-corrected chi connectivity index (χ1v) is 4.50. The number of carbonyl (C=O) groups is 1. The van der Waals surface area contributed by atoms with Crippen molar-refractivity contribution in [2.45, 2.75) is 6.92 Å². The Morgan fingerprint density at radius 1 is 1.75 bits per heavy atom. The summed E-state index contributed by atoms with van der Waals surface area (Å²) in [5.74, 6) is -0.962. The minimum Gasteiger partial charge on any atom is -0.477 e. The molecule has 12 heavy (non-hydrogen) atoms. The van der Waals surface area contributed by atoms with Gasteiger partial charge in [-0.3, -0.25) is 0 Å². The summed E-state index contributed by atoms with van der Waals surface area (Å²) in [5.41, 5.74) is 0. The molecule has 0 atom stereocenters. The van der Waals surface area contributed by atoms with Gasteiger partial charge >= 0.3 is 5.97 Å². The summed E-state index contributed by atoms with van der Waals surface area (Å²) in [4.78, 5) is 14.1. The molecule has 0 saturated carbocycles. The maximum atomic E-state index is 10.6. The van der Waals surface area contributed by atoms with Crippen LogP contribution in [0.5, 0.6) is 0 Å². The van der Waals surface area contributed by atoms with E-state index in [1.807, 2.05) is 0 Å². The quantitative estimate of drug-likeness (QED) is 0.403. The highest BCUT2D eigenvalue weighted by molar-refractivity contribution is 8.03. The van der Waals surface area contributed by atoms with Gasteiger partial charge < -0.3 is 9.84 Å². The summed E-state index contributed by atoms with van der Waals surface area (Å²) in [7, 11) is 0. The zero-order valence-corrected chi connectivity index (χ0v) is 7.85. The smallest absolute Gasteiger partial charge is 0.347 e. The maximum absolute atomic E-state index is 10.6. The van der Waals surface area contributed by atoms with Crippen LogP contribution < -0.4 is 0 Å². The molecule has 0 saturated heterocycles. The molecule has 0 aromatic carbocycles. The minimum atomic E-state index is -1.04. The number of carboxylic acids is 1. The van der Waals surface area contributed by atoms with Crippen molar-refractivity contribution in [3.05, 3.63) is 10.8 Å². The van der Waals surface area contributed by atoms with Crippen molar-refractivity contribution in [2.75, 3.05) is 12.9 Å².